The Morgan fingerprint density at radius 2 is 2.07 bits per heavy atom. The van der Waals surface area contributed by atoms with Gasteiger partial charge in [0.25, 0.3) is 0 Å². The first-order valence-electron chi connectivity index (χ1n) is 4.50. The molecule has 0 fully saturated rings. The Balaban J connectivity index is 3.10. The molecule has 0 aliphatic heterocycles. The summed E-state index contributed by atoms with van der Waals surface area (Å²) < 4.78 is 14.7. The van der Waals surface area contributed by atoms with Gasteiger partial charge in [-0.15, -0.1) is 11.6 Å². The van der Waals surface area contributed by atoms with E-state index >= 15 is 0 Å². The number of rotatable bonds is 8. The smallest absolute Gasteiger partial charge is 0.324 e. The van der Waals surface area contributed by atoms with Crippen molar-refractivity contribution in [1.82, 2.24) is 0 Å². The van der Waals surface area contributed by atoms with Crippen molar-refractivity contribution in [2.75, 3.05) is 26.4 Å². The van der Waals surface area contributed by atoms with Crippen LogP contribution < -0.4 is 0 Å². The Labute approximate surface area is 89.5 Å². The summed E-state index contributed by atoms with van der Waals surface area (Å²) >= 11 is 5.45. The van der Waals surface area contributed by atoms with Crippen LogP contribution in [0.15, 0.2) is 0 Å². The van der Waals surface area contributed by atoms with Crippen LogP contribution in [0.2, 0.25) is 0 Å². The lowest BCUT2D eigenvalue weighted by Crippen LogP contribution is -2.15. The zero-order valence-electron chi connectivity index (χ0n) is 8.49. The third-order valence-electron chi connectivity index (χ3n) is 1.29. The van der Waals surface area contributed by atoms with Crippen molar-refractivity contribution in [1.29, 1.82) is 0 Å². The molecule has 14 heavy (non-hydrogen) atoms. The maximum absolute atomic E-state index is 10.8. The van der Waals surface area contributed by atoms with E-state index in [4.69, 9.17) is 21.1 Å². The predicted molar refractivity (Wildman–Crippen MR) is 53.0 cm³/mol. The van der Waals surface area contributed by atoms with Crippen molar-refractivity contribution < 1.29 is 19.0 Å². The number of hydrogen-bond donors (Lipinski definition) is 0. The summed E-state index contributed by atoms with van der Waals surface area (Å²) in [4.78, 5) is 10.8. The second-order valence-electron chi connectivity index (χ2n) is 2.49. The van der Waals surface area contributed by atoms with Gasteiger partial charge in [0.15, 0.2) is 6.61 Å². The Kier molecular flexibility index (Phi) is 9.03. The van der Waals surface area contributed by atoms with Crippen LogP contribution in [0.3, 0.4) is 0 Å². The summed E-state index contributed by atoms with van der Waals surface area (Å²) in [6.45, 7) is 6.70. The number of halogens is 1. The lowest BCUT2D eigenvalue weighted by molar-refractivity contribution is -0.140. The summed E-state index contributed by atoms with van der Waals surface area (Å²) in [5.41, 5.74) is 0. The molecule has 0 spiro atoms. The van der Waals surface area contributed by atoms with Crippen LogP contribution in [0, 0.1) is 6.61 Å². The molecular formula is C9H16ClO4. The zero-order valence-corrected chi connectivity index (χ0v) is 9.25. The summed E-state index contributed by atoms with van der Waals surface area (Å²) in [7, 11) is 0. The van der Waals surface area contributed by atoms with Crippen LogP contribution in [0.1, 0.15) is 13.8 Å². The van der Waals surface area contributed by atoms with Gasteiger partial charge in [0, 0.05) is 6.61 Å². The molecule has 0 saturated carbocycles. The standard InChI is InChI=1S/C9H16ClO4/c1-3-12-4-5-13-6-7-14-9(11)8(2)10/h7-8H,3-6H2,1-2H3. The minimum Gasteiger partial charge on any atom is -0.455 e. The average Bonchev–Trinajstić information content (AvgIpc) is 2.16. The molecule has 4 nitrogen and oxygen atoms in total. The molecule has 0 amide bonds. The van der Waals surface area contributed by atoms with E-state index in [1.165, 1.54) is 6.61 Å². The number of hydrogen-bond acceptors (Lipinski definition) is 4. The van der Waals surface area contributed by atoms with Crippen molar-refractivity contribution in [2.45, 2.75) is 19.2 Å². The average molecular weight is 224 g/mol. The second kappa shape index (κ2) is 9.24. The van der Waals surface area contributed by atoms with Crippen LogP contribution >= 0.6 is 11.6 Å². The lowest BCUT2D eigenvalue weighted by Gasteiger charge is -2.05. The molecule has 1 radical (unpaired) electrons. The first-order chi connectivity index (χ1) is 6.68. The van der Waals surface area contributed by atoms with Crippen LogP contribution in [0.5, 0.6) is 0 Å². The second-order valence-corrected chi connectivity index (χ2v) is 3.15. The topological polar surface area (TPSA) is 44.8 Å². The molecule has 0 aromatic rings. The van der Waals surface area contributed by atoms with Crippen LogP contribution in [-0.2, 0) is 19.0 Å². The highest BCUT2D eigenvalue weighted by Gasteiger charge is 2.09. The van der Waals surface area contributed by atoms with Gasteiger partial charge in [0.05, 0.1) is 19.8 Å². The van der Waals surface area contributed by atoms with Gasteiger partial charge in [-0.05, 0) is 13.8 Å². The maximum Gasteiger partial charge on any atom is 0.324 e. The lowest BCUT2D eigenvalue weighted by atomic mass is 10.5. The fourth-order valence-corrected chi connectivity index (χ4v) is 0.655. The van der Waals surface area contributed by atoms with E-state index in [2.05, 4.69) is 4.74 Å². The van der Waals surface area contributed by atoms with Gasteiger partial charge in [0.2, 0.25) is 0 Å². The molecule has 1 unspecified atom stereocenters. The van der Waals surface area contributed by atoms with E-state index < -0.39 is 11.3 Å². The van der Waals surface area contributed by atoms with Gasteiger partial charge in [-0.25, -0.2) is 0 Å². The number of carbonyl (C=O) groups excluding carboxylic acids is 1. The van der Waals surface area contributed by atoms with E-state index in [1.807, 2.05) is 6.92 Å². The van der Waals surface area contributed by atoms with E-state index in [9.17, 15) is 4.79 Å². The normalized spacial score (nSPS) is 12.5. The van der Waals surface area contributed by atoms with Gasteiger partial charge < -0.3 is 14.2 Å². The Morgan fingerprint density at radius 1 is 1.43 bits per heavy atom. The van der Waals surface area contributed by atoms with Crippen LogP contribution in [0.4, 0.5) is 0 Å². The predicted octanol–water partition coefficient (Wildman–Crippen LogP) is 1.37. The first-order valence-corrected chi connectivity index (χ1v) is 4.93. The highest BCUT2D eigenvalue weighted by Crippen LogP contribution is 1.98. The number of esters is 1. The van der Waals surface area contributed by atoms with Crippen molar-refractivity contribution >= 4 is 17.6 Å². The molecule has 0 aromatic heterocycles. The van der Waals surface area contributed by atoms with Crippen molar-refractivity contribution in [2.24, 2.45) is 0 Å². The Bertz CT molecular complexity index is 150. The van der Waals surface area contributed by atoms with E-state index in [-0.39, 0.29) is 6.61 Å². The molecule has 0 aliphatic rings. The molecule has 0 heterocycles. The molecule has 0 aliphatic carbocycles. The molecule has 0 rings (SSSR count). The number of ether oxygens (including phenoxy) is 3. The van der Waals surface area contributed by atoms with Crippen molar-refractivity contribution in [3.05, 3.63) is 6.61 Å². The summed E-state index contributed by atoms with van der Waals surface area (Å²) in [6.07, 6.45) is 0. The fourth-order valence-electron chi connectivity index (χ4n) is 0.604. The molecule has 1 atom stereocenters. The van der Waals surface area contributed by atoms with Gasteiger partial charge >= 0.3 is 5.97 Å². The highest BCUT2D eigenvalue weighted by molar-refractivity contribution is 6.29. The Morgan fingerprint density at radius 3 is 2.64 bits per heavy atom. The Hall–Kier alpha value is -0.320. The first kappa shape index (κ1) is 13.7. The van der Waals surface area contributed by atoms with Gasteiger partial charge in [0.1, 0.15) is 5.38 Å². The minimum atomic E-state index is -0.630. The summed E-state index contributed by atoms with van der Waals surface area (Å²) in [5.74, 6) is -0.472. The molecule has 0 saturated heterocycles. The van der Waals surface area contributed by atoms with E-state index in [0.717, 1.165) is 0 Å². The molecule has 0 bridgehead atoms. The zero-order chi connectivity index (χ0) is 10.8. The fraction of sp³-hybridized carbons (Fsp3) is 0.778. The monoisotopic (exact) mass is 223 g/mol. The summed E-state index contributed by atoms with van der Waals surface area (Å²) in [5, 5.41) is -0.630. The maximum atomic E-state index is 10.8. The third-order valence-corrected chi connectivity index (χ3v) is 1.46. The molecular weight excluding hydrogens is 208 g/mol. The van der Waals surface area contributed by atoms with Crippen LogP contribution in [0.25, 0.3) is 0 Å². The van der Waals surface area contributed by atoms with E-state index in [1.54, 1.807) is 6.92 Å². The minimum absolute atomic E-state index is 0.252. The van der Waals surface area contributed by atoms with Crippen molar-refractivity contribution in [3.8, 4) is 0 Å². The number of alkyl halides is 1. The highest BCUT2D eigenvalue weighted by atomic mass is 35.5. The summed E-state index contributed by atoms with van der Waals surface area (Å²) in [6, 6.07) is 0. The van der Waals surface area contributed by atoms with E-state index in [0.29, 0.717) is 19.8 Å². The molecule has 0 N–H and O–H groups in total. The van der Waals surface area contributed by atoms with Crippen LogP contribution in [-0.4, -0.2) is 37.8 Å². The van der Waals surface area contributed by atoms with Crippen molar-refractivity contribution in [3.63, 3.8) is 0 Å². The van der Waals surface area contributed by atoms with Gasteiger partial charge in [-0.2, -0.15) is 0 Å². The SMILES string of the molecule is CCOCCOC[CH]OC(=O)C(C)Cl. The van der Waals surface area contributed by atoms with Gasteiger partial charge in [-0.3, -0.25) is 4.79 Å². The largest absolute Gasteiger partial charge is 0.455 e. The number of carbonyl (C=O) groups is 1. The third kappa shape index (κ3) is 8.29. The quantitative estimate of drug-likeness (QED) is 0.354. The van der Waals surface area contributed by atoms with Gasteiger partial charge in [-0.1, -0.05) is 0 Å². The molecule has 5 heteroatoms. The molecule has 83 valence electrons. The molecule has 0 aromatic carbocycles.